The van der Waals surface area contributed by atoms with Crippen LogP contribution in [0.3, 0.4) is 0 Å². The van der Waals surface area contributed by atoms with E-state index in [9.17, 15) is 9.90 Å². The van der Waals surface area contributed by atoms with Crippen molar-refractivity contribution < 1.29 is 9.90 Å². The second kappa shape index (κ2) is 6.86. The van der Waals surface area contributed by atoms with Crippen LogP contribution in [0.1, 0.15) is 25.3 Å². The zero-order chi connectivity index (χ0) is 14.5. The quantitative estimate of drug-likeness (QED) is 0.884. The number of benzene rings is 1. The average Bonchev–Trinajstić information content (AvgIpc) is 2.43. The highest BCUT2D eigenvalue weighted by molar-refractivity contribution is 5.92. The summed E-state index contributed by atoms with van der Waals surface area (Å²) in [5.41, 5.74) is 1.95. The van der Waals surface area contributed by atoms with Gasteiger partial charge in [-0.3, -0.25) is 9.69 Å². The Morgan fingerprint density at radius 3 is 2.90 bits per heavy atom. The summed E-state index contributed by atoms with van der Waals surface area (Å²) >= 11 is 0. The summed E-state index contributed by atoms with van der Waals surface area (Å²) in [5, 5.41) is 12.8. The Kier molecular flexibility index (Phi) is 5.15. The first-order chi connectivity index (χ1) is 9.60. The number of amides is 1. The molecule has 0 spiro atoms. The molecular formula is C16H24N2O2. The van der Waals surface area contributed by atoms with Gasteiger partial charge in [-0.1, -0.05) is 25.1 Å². The van der Waals surface area contributed by atoms with Crippen LogP contribution in [0.25, 0.3) is 0 Å². The number of aliphatic hydroxyl groups is 1. The van der Waals surface area contributed by atoms with Crippen LogP contribution in [0, 0.1) is 12.8 Å². The Bertz CT molecular complexity index is 462. The minimum Gasteiger partial charge on any atom is -0.393 e. The van der Waals surface area contributed by atoms with Crippen LogP contribution in [0.4, 0.5) is 5.69 Å². The van der Waals surface area contributed by atoms with Crippen molar-refractivity contribution in [1.29, 1.82) is 0 Å². The Balaban J connectivity index is 1.87. The highest BCUT2D eigenvalue weighted by Crippen LogP contribution is 2.20. The van der Waals surface area contributed by atoms with Crippen LogP contribution in [-0.2, 0) is 4.79 Å². The van der Waals surface area contributed by atoms with Crippen LogP contribution < -0.4 is 5.32 Å². The molecule has 20 heavy (non-hydrogen) atoms. The van der Waals surface area contributed by atoms with E-state index >= 15 is 0 Å². The van der Waals surface area contributed by atoms with Gasteiger partial charge in [-0.2, -0.15) is 0 Å². The van der Waals surface area contributed by atoms with E-state index in [-0.39, 0.29) is 17.9 Å². The fraction of sp³-hybridized carbons (Fsp3) is 0.562. The SMILES string of the molecule is CCC1CN(CC(=O)Nc2ccccc2C)CCC1O. The van der Waals surface area contributed by atoms with E-state index < -0.39 is 0 Å². The van der Waals surface area contributed by atoms with E-state index in [0.29, 0.717) is 6.54 Å². The minimum absolute atomic E-state index is 0.0190. The first-order valence-corrected chi connectivity index (χ1v) is 7.36. The number of rotatable bonds is 4. The molecule has 0 aliphatic carbocycles. The van der Waals surface area contributed by atoms with Gasteiger partial charge in [0.15, 0.2) is 0 Å². The predicted molar refractivity (Wildman–Crippen MR) is 80.7 cm³/mol. The number of aryl methyl sites for hydroxylation is 1. The van der Waals surface area contributed by atoms with E-state index in [4.69, 9.17) is 0 Å². The second-order valence-electron chi connectivity index (χ2n) is 5.62. The van der Waals surface area contributed by atoms with E-state index in [2.05, 4.69) is 17.1 Å². The number of anilines is 1. The molecule has 1 amide bonds. The van der Waals surface area contributed by atoms with Gasteiger partial charge < -0.3 is 10.4 Å². The van der Waals surface area contributed by atoms with Crippen molar-refractivity contribution in [2.24, 2.45) is 5.92 Å². The molecule has 2 rings (SSSR count). The topological polar surface area (TPSA) is 52.6 Å². The number of para-hydroxylation sites is 1. The zero-order valence-electron chi connectivity index (χ0n) is 12.3. The highest BCUT2D eigenvalue weighted by Gasteiger charge is 2.27. The molecule has 2 unspecified atom stereocenters. The number of piperidine rings is 1. The van der Waals surface area contributed by atoms with E-state index in [1.165, 1.54) is 0 Å². The van der Waals surface area contributed by atoms with Gasteiger partial charge in [-0.15, -0.1) is 0 Å². The summed E-state index contributed by atoms with van der Waals surface area (Å²) in [7, 11) is 0. The van der Waals surface area contributed by atoms with Gasteiger partial charge in [0.2, 0.25) is 5.91 Å². The predicted octanol–water partition coefficient (Wildman–Crippen LogP) is 2.03. The lowest BCUT2D eigenvalue weighted by molar-refractivity contribution is -0.118. The van der Waals surface area contributed by atoms with E-state index in [0.717, 1.165) is 37.2 Å². The molecule has 1 saturated heterocycles. The lowest BCUT2D eigenvalue weighted by Crippen LogP contribution is -2.45. The summed E-state index contributed by atoms with van der Waals surface area (Å²) in [4.78, 5) is 14.2. The third-order valence-corrected chi connectivity index (χ3v) is 4.09. The van der Waals surface area contributed by atoms with Crippen LogP contribution >= 0.6 is 0 Å². The molecule has 0 radical (unpaired) electrons. The Labute approximate surface area is 120 Å². The summed E-state index contributed by atoms with van der Waals surface area (Å²) in [6, 6.07) is 7.79. The number of aliphatic hydroxyl groups excluding tert-OH is 1. The van der Waals surface area contributed by atoms with Crippen LogP contribution in [0.15, 0.2) is 24.3 Å². The van der Waals surface area contributed by atoms with Crippen molar-refractivity contribution in [2.75, 3.05) is 25.0 Å². The minimum atomic E-state index is -0.212. The summed E-state index contributed by atoms with van der Waals surface area (Å²) < 4.78 is 0. The maximum absolute atomic E-state index is 12.1. The fourth-order valence-corrected chi connectivity index (χ4v) is 2.75. The number of hydrogen-bond acceptors (Lipinski definition) is 3. The van der Waals surface area contributed by atoms with E-state index in [1.54, 1.807) is 0 Å². The molecule has 1 aromatic rings. The molecule has 2 N–H and O–H groups in total. The average molecular weight is 276 g/mol. The molecule has 110 valence electrons. The monoisotopic (exact) mass is 276 g/mol. The summed E-state index contributed by atoms with van der Waals surface area (Å²) in [6.45, 7) is 6.07. The second-order valence-corrected chi connectivity index (χ2v) is 5.62. The van der Waals surface area contributed by atoms with E-state index in [1.807, 2.05) is 31.2 Å². The highest BCUT2D eigenvalue weighted by atomic mass is 16.3. The first-order valence-electron chi connectivity index (χ1n) is 7.36. The maximum Gasteiger partial charge on any atom is 0.238 e. The number of likely N-dealkylation sites (tertiary alicyclic amines) is 1. The number of nitrogens with one attached hydrogen (secondary N) is 1. The summed E-state index contributed by atoms with van der Waals surface area (Å²) in [5.74, 6) is 0.306. The molecular weight excluding hydrogens is 252 g/mol. The van der Waals surface area contributed by atoms with Gasteiger partial charge in [0.1, 0.15) is 0 Å². The fourth-order valence-electron chi connectivity index (χ4n) is 2.75. The molecule has 1 aliphatic rings. The van der Waals surface area contributed by atoms with Crippen molar-refractivity contribution in [3.8, 4) is 0 Å². The molecule has 4 heteroatoms. The largest absolute Gasteiger partial charge is 0.393 e. The number of nitrogens with zero attached hydrogens (tertiary/aromatic N) is 1. The van der Waals surface area contributed by atoms with Crippen molar-refractivity contribution in [3.05, 3.63) is 29.8 Å². The Morgan fingerprint density at radius 1 is 1.45 bits per heavy atom. The van der Waals surface area contributed by atoms with Gasteiger partial charge in [0.25, 0.3) is 0 Å². The third kappa shape index (κ3) is 3.81. The van der Waals surface area contributed by atoms with Crippen molar-refractivity contribution in [2.45, 2.75) is 32.8 Å². The third-order valence-electron chi connectivity index (χ3n) is 4.09. The molecule has 4 nitrogen and oxygen atoms in total. The Morgan fingerprint density at radius 2 is 2.20 bits per heavy atom. The van der Waals surface area contributed by atoms with Gasteiger partial charge in [-0.25, -0.2) is 0 Å². The standard InChI is InChI=1S/C16H24N2O2/c1-3-13-10-18(9-8-15(13)19)11-16(20)17-14-7-5-4-6-12(14)2/h4-7,13,15,19H,3,8-11H2,1-2H3,(H,17,20). The first kappa shape index (κ1) is 15.0. The number of carbonyl (C=O) groups excluding carboxylic acids is 1. The number of hydrogen-bond donors (Lipinski definition) is 2. The maximum atomic E-state index is 12.1. The molecule has 0 saturated carbocycles. The number of carbonyl (C=O) groups is 1. The van der Waals surface area contributed by atoms with Crippen LogP contribution in [0.5, 0.6) is 0 Å². The molecule has 2 atom stereocenters. The molecule has 0 aromatic heterocycles. The van der Waals surface area contributed by atoms with Crippen LogP contribution in [0.2, 0.25) is 0 Å². The zero-order valence-corrected chi connectivity index (χ0v) is 12.3. The van der Waals surface area contributed by atoms with Crippen molar-refractivity contribution in [1.82, 2.24) is 4.90 Å². The van der Waals surface area contributed by atoms with Gasteiger partial charge >= 0.3 is 0 Å². The van der Waals surface area contributed by atoms with Gasteiger partial charge in [-0.05, 0) is 37.3 Å². The van der Waals surface area contributed by atoms with Crippen molar-refractivity contribution >= 4 is 11.6 Å². The smallest absolute Gasteiger partial charge is 0.238 e. The lowest BCUT2D eigenvalue weighted by Gasteiger charge is -2.35. The molecule has 0 bridgehead atoms. The van der Waals surface area contributed by atoms with Crippen molar-refractivity contribution in [3.63, 3.8) is 0 Å². The normalized spacial score (nSPS) is 23.6. The molecule has 1 heterocycles. The molecule has 1 aliphatic heterocycles. The van der Waals surface area contributed by atoms with Gasteiger partial charge in [0, 0.05) is 18.8 Å². The Hall–Kier alpha value is -1.39. The molecule has 1 fully saturated rings. The summed E-state index contributed by atoms with van der Waals surface area (Å²) in [6.07, 6.45) is 1.50. The van der Waals surface area contributed by atoms with Gasteiger partial charge in [0.05, 0.1) is 12.6 Å². The lowest BCUT2D eigenvalue weighted by atomic mass is 9.92. The van der Waals surface area contributed by atoms with Crippen LogP contribution in [-0.4, -0.2) is 41.7 Å². The molecule has 1 aromatic carbocycles.